The highest BCUT2D eigenvalue weighted by molar-refractivity contribution is 6.20. The van der Waals surface area contributed by atoms with Gasteiger partial charge in [-0.05, 0) is 17.7 Å². The fourth-order valence-corrected chi connectivity index (χ4v) is 5.80. The highest BCUT2D eigenvalue weighted by atomic mass is 16.8. The number of fused-ring (bicyclic) bond motifs is 1. The molecule has 2 saturated heterocycles. The number of carbonyl (C=O) groups excluding carboxylic acids is 8. The zero-order valence-electron chi connectivity index (χ0n) is 29.6. The van der Waals surface area contributed by atoms with Crippen LogP contribution < -0.4 is 0 Å². The van der Waals surface area contributed by atoms with E-state index in [4.69, 9.17) is 47.5 Å². The third kappa shape index (κ3) is 9.85. The van der Waals surface area contributed by atoms with Crippen LogP contribution in [0.3, 0.4) is 0 Å². The maximum atomic E-state index is 13.2. The smallest absolute Gasteiger partial charge is 0.303 e. The number of imide groups is 1. The molecule has 0 bridgehead atoms. The Morgan fingerprint density at radius 3 is 1.52 bits per heavy atom. The van der Waals surface area contributed by atoms with E-state index in [2.05, 4.69) is 10.0 Å². The second-order valence-corrected chi connectivity index (χ2v) is 11.8. The maximum absolute atomic E-state index is 13.2. The van der Waals surface area contributed by atoms with Crippen molar-refractivity contribution in [3.8, 4) is 0 Å². The molecule has 0 N–H and O–H groups in total. The molecule has 2 amide bonds. The van der Waals surface area contributed by atoms with Crippen LogP contribution in [0.4, 0.5) is 0 Å². The van der Waals surface area contributed by atoms with Crippen LogP contribution in [0.15, 0.2) is 29.4 Å². The van der Waals surface area contributed by atoms with E-state index in [0.717, 1.165) is 41.5 Å². The van der Waals surface area contributed by atoms with Gasteiger partial charge < -0.3 is 42.6 Å². The molecule has 2 fully saturated rings. The molecule has 1 aromatic rings. The van der Waals surface area contributed by atoms with Crippen molar-refractivity contribution in [1.29, 1.82) is 0 Å². The molecule has 10 atom stereocenters. The number of carbonyl (C=O) groups is 8. The van der Waals surface area contributed by atoms with Crippen molar-refractivity contribution in [3.05, 3.63) is 45.8 Å². The molecule has 3 aliphatic heterocycles. The summed E-state index contributed by atoms with van der Waals surface area (Å²) in [5.41, 5.74) is 9.62. The first kappa shape index (κ1) is 41.1. The number of hydroxylamine groups is 2. The van der Waals surface area contributed by atoms with E-state index in [-0.39, 0.29) is 11.1 Å². The third-order valence-electron chi connectivity index (χ3n) is 7.76. The Hall–Kier alpha value is -5.67. The molecule has 22 nitrogen and oxygen atoms in total. The summed E-state index contributed by atoms with van der Waals surface area (Å²) in [4.78, 5) is 108. The van der Waals surface area contributed by atoms with Gasteiger partial charge in [-0.25, -0.2) is 4.84 Å². The van der Waals surface area contributed by atoms with E-state index in [1.165, 1.54) is 24.3 Å². The zero-order valence-corrected chi connectivity index (χ0v) is 29.6. The van der Waals surface area contributed by atoms with Gasteiger partial charge in [-0.1, -0.05) is 17.2 Å². The van der Waals surface area contributed by atoms with Gasteiger partial charge in [-0.3, -0.25) is 38.4 Å². The molecule has 3 heterocycles. The molecule has 0 unspecified atom stereocenters. The van der Waals surface area contributed by atoms with Crippen LogP contribution in [0, 0.1) is 0 Å². The fourth-order valence-electron chi connectivity index (χ4n) is 5.80. The largest absolute Gasteiger partial charge is 0.463 e. The minimum absolute atomic E-state index is 0.0294. The number of hydrogen-bond donors (Lipinski definition) is 0. The molecule has 0 saturated carbocycles. The molecule has 0 aliphatic carbocycles. The molecule has 1 aromatic carbocycles. The average molecular weight is 765 g/mol. The first-order valence-corrected chi connectivity index (χ1v) is 16.1. The van der Waals surface area contributed by atoms with Gasteiger partial charge >= 0.3 is 35.8 Å². The minimum atomic E-state index is -1.94. The quantitative estimate of drug-likeness (QED) is 0.0663. The zero-order chi connectivity index (χ0) is 39.9. The molecule has 0 aromatic heterocycles. The SMILES string of the molecule is CC(=O)OC[C@H]1O[C@@H](O[C@@H]2[C@@H](N=[N+]=[N-])[C@@H](ON3C(=O)c4ccccc4C3=O)O[C@H](COC(C)=O)[C@@H]2OC(C)=O)[C@H](OC(C)=O)[C@@H](OC(C)=O)[C@H]1OC(C)=O. The molecule has 292 valence electrons. The van der Waals surface area contributed by atoms with E-state index in [1.54, 1.807) is 0 Å². The van der Waals surface area contributed by atoms with Gasteiger partial charge in [0, 0.05) is 46.5 Å². The van der Waals surface area contributed by atoms with Gasteiger partial charge in [0.25, 0.3) is 11.8 Å². The number of esters is 6. The van der Waals surface area contributed by atoms with Crippen LogP contribution in [-0.4, -0.2) is 127 Å². The van der Waals surface area contributed by atoms with Crippen LogP contribution in [0.5, 0.6) is 0 Å². The summed E-state index contributed by atoms with van der Waals surface area (Å²) in [6, 6.07) is 3.92. The predicted molar refractivity (Wildman–Crippen MR) is 169 cm³/mol. The lowest BCUT2D eigenvalue weighted by Gasteiger charge is -2.48. The van der Waals surface area contributed by atoms with Crippen molar-refractivity contribution in [2.45, 2.75) is 103 Å². The van der Waals surface area contributed by atoms with Gasteiger partial charge in [-0.2, -0.15) is 0 Å². The van der Waals surface area contributed by atoms with Crippen LogP contribution in [0.1, 0.15) is 62.3 Å². The van der Waals surface area contributed by atoms with Gasteiger partial charge in [0.1, 0.15) is 37.6 Å². The number of ether oxygens (including phenoxy) is 9. The number of hydrogen-bond acceptors (Lipinski definition) is 19. The van der Waals surface area contributed by atoms with Crippen LogP contribution in [0.2, 0.25) is 0 Å². The number of benzene rings is 1. The Bertz CT molecular complexity index is 1680. The standard InChI is InChI=1S/C32H36N4O18/c1-13(37)45-11-21-24(47-15(3)39)26(23(34-35-33)31(51-21)54-36-29(43)19-9-7-8-10-20(19)30(36)44)53-32-28(50-18(6)42)27(49-17(5)41)25(48-16(4)40)22(52-32)12-46-14(2)38/h7-10,21-28,31-32H,11-12H2,1-6H3/t21-,22-,23-,24+,25+,26-,27+,28-,31-,32+/m1/s1. The summed E-state index contributed by atoms with van der Waals surface area (Å²) in [5.74, 6) is -7.24. The molecule has 3 aliphatic rings. The van der Waals surface area contributed by atoms with Crippen molar-refractivity contribution in [2.24, 2.45) is 5.11 Å². The lowest BCUT2D eigenvalue weighted by molar-refractivity contribution is -0.356. The van der Waals surface area contributed by atoms with E-state index in [0.29, 0.717) is 5.06 Å². The van der Waals surface area contributed by atoms with E-state index in [9.17, 15) is 43.9 Å². The van der Waals surface area contributed by atoms with E-state index < -0.39 is 122 Å². The summed E-state index contributed by atoms with van der Waals surface area (Å²) >= 11 is 0. The van der Waals surface area contributed by atoms with Gasteiger partial charge in [0.15, 0.2) is 37.0 Å². The fraction of sp³-hybridized carbons (Fsp3) is 0.562. The minimum Gasteiger partial charge on any atom is -0.463 e. The average Bonchev–Trinajstić information content (AvgIpc) is 3.31. The summed E-state index contributed by atoms with van der Waals surface area (Å²) in [5, 5.41) is 4.04. The Morgan fingerprint density at radius 1 is 0.648 bits per heavy atom. The third-order valence-corrected chi connectivity index (χ3v) is 7.76. The molecule has 22 heteroatoms. The van der Waals surface area contributed by atoms with E-state index >= 15 is 0 Å². The lowest BCUT2D eigenvalue weighted by atomic mass is 9.95. The Morgan fingerprint density at radius 2 is 1.07 bits per heavy atom. The monoisotopic (exact) mass is 764 g/mol. The highest BCUT2D eigenvalue weighted by Gasteiger charge is 2.57. The maximum Gasteiger partial charge on any atom is 0.303 e. The summed E-state index contributed by atoms with van der Waals surface area (Å²) in [7, 11) is 0. The van der Waals surface area contributed by atoms with Gasteiger partial charge in [0.2, 0.25) is 0 Å². The van der Waals surface area contributed by atoms with Crippen molar-refractivity contribution in [3.63, 3.8) is 0 Å². The van der Waals surface area contributed by atoms with Gasteiger partial charge in [-0.15, -0.1) is 5.06 Å². The molecule has 54 heavy (non-hydrogen) atoms. The number of amides is 2. The molecule has 0 spiro atoms. The second-order valence-electron chi connectivity index (χ2n) is 11.8. The van der Waals surface area contributed by atoms with Crippen LogP contribution in [-0.2, 0) is 76.2 Å². The second kappa shape index (κ2) is 17.9. The summed E-state index contributed by atoms with van der Waals surface area (Å²) in [6.07, 6.45) is -15.5. The molecule has 4 rings (SSSR count). The van der Waals surface area contributed by atoms with Crippen molar-refractivity contribution < 1.29 is 85.8 Å². The van der Waals surface area contributed by atoms with Gasteiger partial charge in [0.05, 0.1) is 11.1 Å². The highest BCUT2D eigenvalue weighted by Crippen LogP contribution is 2.37. The van der Waals surface area contributed by atoms with E-state index in [1.807, 2.05) is 0 Å². The number of rotatable bonds is 13. The Kier molecular flexibility index (Phi) is 13.6. The number of nitrogens with zero attached hydrogens (tertiary/aromatic N) is 4. The predicted octanol–water partition coefficient (Wildman–Crippen LogP) is 0.581. The Labute approximate surface area is 305 Å². The summed E-state index contributed by atoms with van der Waals surface area (Å²) in [6.45, 7) is 4.81. The first-order chi connectivity index (χ1) is 25.5. The molecular weight excluding hydrogens is 728 g/mol. The normalized spacial score (nSPS) is 28.8. The molecule has 0 radical (unpaired) electrons. The first-order valence-electron chi connectivity index (χ1n) is 16.1. The summed E-state index contributed by atoms with van der Waals surface area (Å²) < 4.78 is 50.2. The topological polar surface area (TPSA) is 281 Å². The van der Waals surface area contributed by atoms with Crippen LogP contribution in [0.25, 0.3) is 10.4 Å². The van der Waals surface area contributed by atoms with Crippen molar-refractivity contribution in [2.75, 3.05) is 13.2 Å². The van der Waals surface area contributed by atoms with Crippen molar-refractivity contribution in [1.82, 2.24) is 5.06 Å². The molecular formula is C32H36N4O18. The lowest BCUT2D eigenvalue weighted by Crippen LogP contribution is -2.67. The van der Waals surface area contributed by atoms with Crippen molar-refractivity contribution >= 4 is 47.6 Å². The van der Waals surface area contributed by atoms with Crippen LogP contribution >= 0.6 is 0 Å². The Balaban J connectivity index is 1.84. The number of azide groups is 1.